The lowest BCUT2D eigenvalue weighted by Crippen LogP contribution is -2.39. The first-order chi connectivity index (χ1) is 13.2. The van der Waals surface area contributed by atoms with E-state index in [0.717, 1.165) is 56.6 Å². The Balaban J connectivity index is 1.73. The van der Waals surface area contributed by atoms with Crippen LogP contribution in [-0.2, 0) is 11.2 Å². The zero-order valence-electron chi connectivity index (χ0n) is 17.0. The average molecular weight is 380 g/mol. The minimum atomic E-state index is 0.617. The van der Waals surface area contributed by atoms with Gasteiger partial charge in [0.05, 0.1) is 21.3 Å². The van der Waals surface area contributed by atoms with Crippen LogP contribution in [-0.4, -0.2) is 60.6 Å². The maximum atomic E-state index is 5.64. The zero-order chi connectivity index (χ0) is 19.5. The molecule has 27 heavy (non-hydrogen) atoms. The molecule has 1 aliphatic rings. The Kier molecular flexibility index (Phi) is 9.04. The second-order valence-electron chi connectivity index (χ2n) is 6.54. The summed E-state index contributed by atoms with van der Waals surface area (Å²) in [5, 5.41) is 6.64. The highest BCUT2D eigenvalue weighted by atomic mass is 16.5. The predicted molar refractivity (Wildman–Crippen MR) is 107 cm³/mol. The van der Waals surface area contributed by atoms with Crippen LogP contribution in [0.5, 0.6) is 17.2 Å². The highest BCUT2D eigenvalue weighted by Gasteiger charge is 2.20. The van der Waals surface area contributed by atoms with E-state index >= 15 is 0 Å². The SMILES string of the molecule is CN=C(NCCCOCC1CC1)NCCc1ccc(OC)c(OC)c1OC. The molecule has 0 atom stereocenters. The van der Waals surface area contributed by atoms with E-state index < -0.39 is 0 Å². The van der Waals surface area contributed by atoms with Crippen molar-refractivity contribution in [1.82, 2.24) is 10.6 Å². The van der Waals surface area contributed by atoms with E-state index in [1.54, 1.807) is 28.4 Å². The lowest BCUT2D eigenvalue weighted by molar-refractivity contribution is 0.123. The van der Waals surface area contributed by atoms with E-state index in [-0.39, 0.29) is 0 Å². The molecule has 0 radical (unpaired) electrons. The summed E-state index contributed by atoms with van der Waals surface area (Å²) < 4.78 is 21.9. The number of hydrogen-bond acceptors (Lipinski definition) is 5. The number of benzene rings is 1. The average Bonchev–Trinajstić information content (AvgIpc) is 3.52. The molecule has 0 aromatic heterocycles. The van der Waals surface area contributed by atoms with Gasteiger partial charge in [-0.1, -0.05) is 6.07 Å². The third kappa shape index (κ3) is 6.82. The van der Waals surface area contributed by atoms with Crippen LogP contribution in [0, 0.1) is 5.92 Å². The molecule has 2 N–H and O–H groups in total. The van der Waals surface area contributed by atoms with Crippen LogP contribution in [0.3, 0.4) is 0 Å². The molecule has 2 rings (SSSR count). The third-order valence-corrected chi connectivity index (χ3v) is 4.50. The lowest BCUT2D eigenvalue weighted by Gasteiger charge is -2.16. The predicted octanol–water partition coefficient (Wildman–Crippen LogP) is 2.24. The molecule has 1 fully saturated rings. The van der Waals surface area contributed by atoms with Crippen molar-refractivity contribution < 1.29 is 18.9 Å². The van der Waals surface area contributed by atoms with Crippen LogP contribution in [0.15, 0.2) is 17.1 Å². The van der Waals surface area contributed by atoms with Gasteiger partial charge in [0.15, 0.2) is 17.5 Å². The molecule has 0 amide bonds. The standard InChI is InChI=1S/C20H33N3O4/c1-21-20(22-11-5-13-27-14-15-6-7-15)23-12-10-16-8-9-17(24-2)19(26-4)18(16)25-3/h8-9,15H,5-7,10-14H2,1-4H3,(H2,21,22,23). The second kappa shape index (κ2) is 11.5. The van der Waals surface area contributed by atoms with Crippen molar-refractivity contribution in [2.45, 2.75) is 25.7 Å². The Bertz CT molecular complexity index is 603. The molecule has 152 valence electrons. The van der Waals surface area contributed by atoms with Crippen molar-refractivity contribution in [2.24, 2.45) is 10.9 Å². The van der Waals surface area contributed by atoms with Crippen LogP contribution >= 0.6 is 0 Å². The first kappa shape index (κ1) is 21.2. The molecule has 7 nitrogen and oxygen atoms in total. The number of nitrogens with one attached hydrogen (secondary N) is 2. The maximum Gasteiger partial charge on any atom is 0.203 e. The smallest absolute Gasteiger partial charge is 0.203 e. The summed E-state index contributed by atoms with van der Waals surface area (Å²) in [6, 6.07) is 3.89. The highest BCUT2D eigenvalue weighted by Crippen LogP contribution is 2.39. The van der Waals surface area contributed by atoms with Crippen molar-refractivity contribution in [3.05, 3.63) is 17.7 Å². The Labute approximate surface area is 162 Å². The van der Waals surface area contributed by atoms with E-state index in [0.29, 0.717) is 17.2 Å². The van der Waals surface area contributed by atoms with Crippen molar-refractivity contribution >= 4 is 5.96 Å². The van der Waals surface area contributed by atoms with Gasteiger partial charge < -0.3 is 29.6 Å². The largest absolute Gasteiger partial charge is 0.493 e. The number of guanidine groups is 1. The molecule has 7 heteroatoms. The summed E-state index contributed by atoms with van der Waals surface area (Å²) in [4.78, 5) is 4.26. The fourth-order valence-electron chi connectivity index (χ4n) is 2.81. The van der Waals surface area contributed by atoms with Gasteiger partial charge in [-0.2, -0.15) is 0 Å². The minimum Gasteiger partial charge on any atom is -0.493 e. The number of ether oxygens (including phenoxy) is 4. The molecular weight excluding hydrogens is 346 g/mol. The fraction of sp³-hybridized carbons (Fsp3) is 0.650. The van der Waals surface area contributed by atoms with E-state index in [2.05, 4.69) is 15.6 Å². The van der Waals surface area contributed by atoms with Gasteiger partial charge >= 0.3 is 0 Å². The van der Waals surface area contributed by atoms with Crippen LogP contribution in [0.2, 0.25) is 0 Å². The maximum absolute atomic E-state index is 5.64. The molecule has 0 unspecified atom stereocenters. The van der Waals surface area contributed by atoms with Crippen molar-refractivity contribution in [3.8, 4) is 17.2 Å². The summed E-state index contributed by atoms with van der Waals surface area (Å²) in [6.07, 6.45) is 4.41. The number of aliphatic imine (C=N–C) groups is 1. The van der Waals surface area contributed by atoms with Crippen LogP contribution in [0.25, 0.3) is 0 Å². The first-order valence-electron chi connectivity index (χ1n) is 9.53. The van der Waals surface area contributed by atoms with Gasteiger partial charge in [0.1, 0.15) is 0 Å². The van der Waals surface area contributed by atoms with Crippen LogP contribution in [0.4, 0.5) is 0 Å². The van der Waals surface area contributed by atoms with Crippen molar-refractivity contribution in [1.29, 1.82) is 0 Å². The Morgan fingerprint density at radius 1 is 1.04 bits per heavy atom. The first-order valence-corrected chi connectivity index (χ1v) is 9.53. The van der Waals surface area contributed by atoms with Crippen LogP contribution < -0.4 is 24.8 Å². The van der Waals surface area contributed by atoms with Gasteiger partial charge in [0, 0.05) is 38.9 Å². The molecule has 1 saturated carbocycles. The van der Waals surface area contributed by atoms with Gasteiger partial charge in [0.25, 0.3) is 0 Å². The zero-order valence-corrected chi connectivity index (χ0v) is 17.0. The highest BCUT2D eigenvalue weighted by molar-refractivity contribution is 5.79. The second-order valence-corrected chi connectivity index (χ2v) is 6.54. The number of hydrogen-bond donors (Lipinski definition) is 2. The van der Waals surface area contributed by atoms with E-state index in [1.165, 1.54) is 12.8 Å². The van der Waals surface area contributed by atoms with Gasteiger partial charge in [-0.25, -0.2) is 0 Å². The summed E-state index contributed by atoms with van der Waals surface area (Å²) in [7, 11) is 6.64. The number of nitrogens with zero attached hydrogens (tertiary/aromatic N) is 1. The van der Waals surface area contributed by atoms with Gasteiger partial charge in [-0.05, 0) is 37.7 Å². The quantitative estimate of drug-likeness (QED) is 0.330. The Morgan fingerprint density at radius 2 is 1.78 bits per heavy atom. The summed E-state index contributed by atoms with van der Waals surface area (Å²) >= 11 is 0. The van der Waals surface area contributed by atoms with Crippen LogP contribution in [0.1, 0.15) is 24.8 Å². The van der Waals surface area contributed by atoms with Gasteiger partial charge in [-0.15, -0.1) is 0 Å². The molecule has 0 aliphatic heterocycles. The minimum absolute atomic E-state index is 0.617. The summed E-state index contributed by atoms with van der Waals surface area (Å²) in [6.45, 7) is 3.27. The van der Waals surface area contributed by atoms with Gasteiger partial charge in [0.2, 0.25) is 5.75 Å². The molecule has 0 bridgehead atoms. The van der Waals surface area contributed by atoms with E-state index in [9.17, 15) is 0 Å². The Hall–Kier alpha value is -2.15. The normalized spacial score (nSPS) is 14.0. The Morgan fingerprint density at radius 3 is 2.41 bits per heavy atom. The number of rotatable bonds is 12. The van der Waals surface area contributed by atoms with Gasteiger partial charge in [-0.3, -0.25) is 4.99 Å². The fourth-order valence-corrected chi connectivity index (χ4v) is 2.81. The lowest BCUT2D eigenvalue weighted by atomic mass is 10.1. The molecular formula is C20H33N3O4. The van der Waals surface area contributed by atoms with E-state index in [4.69, 9.17) is 18.9 Å². The van der Waals surface area contributed by atoms with E-state index in [1.807, 2.05) is 12.1 Å². The molecule has 1 aromatic carbocycles. The monoisotopic (exact) mass is 379 g/mol. The third-order valence-electron chi connectivity index (χ3n) is 4.50. The molecule has 1 aromatic rings. The molecule has 0 spiro atoms. The molecule has 1 aliphatic carbocycles. The topological polar surface area (TPSA) is 73.3 Å². The van der Waals surface area contributed by atoms with Crippen molar-refractivity contribution in [3.63, 3.8) is 0 Å². The summed E-state index contributed by atoms with van der Waals surface area (Å²) in [5.41, 5.74) is 1.05. The summed E-state index contributed by atoms with van der Waals surface area (Å²) in [5.74, 6) is 3.59. The number of methoxy groups -OCH3 is 3. The van der Waals surface area contributed by atoms with Crippen molar-refractivity contribution in [2.75, 3.05) is 54.7 Å². The molecule has 0 heterocycles. The molecule has 0 saturated heterocycles.